The minimum absolute atomic E-state index is 0.440. The number of nitrogens with two attached hydrogens (primary N) is 1. The molecule has 2 aromatic rings. The zero-order chi connectivity index (χ0) is 12.6. The Hall–Kier alpha value is -1.62. The lowest BCUT2D eigenvalue weighted by atomic mass is 10.4. The Morgan fingerprint density at radius 1 is 1.35 bits per heavy atom. The van der Waals surface area contributed by atoms with E-state index >= 15 is 0 Å². The molecule has 0 bridgehead atoms. The summed E-state index contributed by atoms with van der Waals surface area (Å²) in [5, 5.41) is 4.99. The fourth-order valence-electron chi connectivity index (χ4n) is 1.62. The summed E-state index contributed by atoms with van der Waals surface area (Å²) < 4.78 is 1.69. The van der Waals surface area contributed by atoms with E-state index in [1.807, 2.05) is 20.8 Å². The van der Waals surface area contributed by atoms with E-state index in [1.165, 1.54) is 0 Å². The third-order valence-corrected chi connectivity index (χ3v) is 3.06. The third-order valence-electron chi connectivity index (χ3n) is 2.51. The molecule has 0 aromatic carbocycles. The number of aryl methyl sites for hydroxylation is 2. The molecule has 2 heterocycles. The summed E-state index contributed by atoms with van der Waals surface area (Å²) in [6, 6.07) is 1.69. The van der Waals surface area contributed by atoms with Gasteiger partial charge >= 0.3 is 0 Å². The van der Waals surface area contributed by atoms with Gasteiger partial charge in [-0.05, 0) is 13.8 Å². The summed E-state index contributed by atoms with van der Waals surface area (Å²) in [6.07, 6.45) is 0.727. The van der Waals surface area contributed by atoms with E-state index in [0.717, 1.165) is 17.8 Å². The van der Waals surface area contributed by atoms with Gasteiger partial charge in [0.15, 0.2) is 5.82 Å². The zero-order valence-electron chi connectivity index (χ0n) is 10.0. The minimum Gasteiger partial charge on any atom is -0.384 e. The van der Waals surface area contributed by atoms with Crippen LogP contribution < -0.4 is 5.73 Å². The van der Waals surface area contributed by atoms with Crippen molar-refractivity contribution < 1.29 is 0 Å². The molecule has 90 valence electrons. The van der Waals surface area contributed by atoms with Crippen molar-refractivity contribution in [3.8, 4) is 5.82 Å². The highest BCUT2D eigenvalue weighted by molar-refractivity contribution is 6.31. The number of hydrogen-bond donors (Lipinski definition) is 1. The Bertz CT molecular complexity index is 561. The predicted molar refractivity (Wildman–Crippen MR) is 67.4 cm³/mol. The van der Waals surface area contributed by atoms with E-state index in [0.29, 0.717) is 22.5 Å². The maximum absolute atomic E-state index is 6.10. The lowest BCUT2D eigenvalue weighted by Gasteiger charge is -2.06. The molecule has 2 N–H and O–H groups in total. The lowest BCUT2D eigenvalue weighted by molar-refractivity contribution is 0.785. The second-order valence-electron chi connectivity index (χ2n) is 3.82. The highest BCUT2D eigenvalue weighted by Gasteiger charge is 2.12. The van der Waals surface area contributed by atoms with Crippen LogP contribution in [0.1, 0.15) is 24.1 Å². The van der Waals surface area contributed by atoms with E-state index in [1.54, 1.807) is 10.7 Å². The standard InChI is InChI=1S/C11H14ClN5/c1-4-9-14-8(13)5-10(15-9)17-7(3)11(12)6(2)16-17/h5H,4H2,1-3H3,(H2,13,14,15). The van der Waals surface area contributed by atoms with E-state index in [4.69, 9.17) is 17.3 Å². The molecule has 0 aliphatic rings. The molecular weight excluding hydrogens is 238 g/mol. The first kappa shape index (κ1) is 11.9. The van der Waals surface area contributed by atoms with E-state index in [-0.39, 0.29) is 0 Å². The second kappa shape index (κ2) is 4.33. The second-order valence-corrected chi connectivity index (χ2v) is 4.20. The lowest BCUT2D eigenvalue weighted by Crippen LogP contribution is -2.07. The summed E-state index contributed by atoms with van der Waals surface area (Å²) in [6.45, 7) is 5.73. The van der Waals surface area contributed by atoms with Gasteiger partial charge in [-0.15, -0.1) is 0 Å². The molecule has 17 heavy (non-hydrogen) atoms. The molecule has 0 atom stereocenters. The minimum atomic E-state index is 0.440. The fourth-order valence-corrected chi connectivity index (χ4v) is 1.73. The maximum atomic E-state index is 6.10. The van der Waals surface area contributed by atoms with E-state index in [9.17, 15) is 0 Å². The van der Waals surface area contributed by atoms with Crippen LogP contribution in [0.25, 0.3) is 5.82 Å². The van der Waals surface area contributed by atoms with Crippen molar-refractivity contribution in [3.63, 3.8) is 0 Å². The number of hydrogen-bond acceptors (Lipinski definition) is 4. The zero-order valence-corrected chi connectivity index (χ0v) is 10.8. The molecule has 0 aliphatic heterocycles. The first-order valence-corrected chi connectivity index (χ1v) is 5.76. The van der Waals surface area contributed by atoms with Crippen molar-refractivity contribution in [2.45, 2.75) is 27.2 Å². The van der Waals surface area contributed by atoms with Gasteiger partial charge in [0.2, 0.25) is 0 Å². The molecule has 0 amide bonds. The van der Waals surface area contributed by atoms with E-state index in [2.05, 4.69) is 15.1 Å². The van der Waals surface area contributed by atoms with Gasteiger partial charge in [0.25, 0.3) is 0 Å². The van der Waals surface area contributed by atoms with E-state index < -0.39 is 0 Å². The highest BCUT2D eigenvalue weighted by Crippen LogP contribution is 2.22. The normalized spacial score (nSPS) is 10.8. The number of aromatic nitrogens is 4. The van der Waals surface area contributed by atoms with Crippen molar-refractivity contribution in [1.29, 1.82) is 0 Å². The topological polar surface area (TPSA) is 69.6 Å². The first-order valence-electron chi connectivity index (χ1n) is 5.38. The Morgan fingerprint density at radius 2 is 2.06 bits per heavy atom. The number of nitrogens with zero attached hydrogens (tertiary/aromatic N) is 4. The molecular formula is C11H14ClN5. The van der Waals surface area contributed by atoms with Gasteiger partial charge < -0.3 is 5.73 Å². The largest absolute Gasteiger partial charge is 0.384 e. The summed E-state index contributed by atoms with van der Waals surface area (Å²) in [5.41, 5.74) is 7.37. The molecule has 0 saturated carbocycles. The number of halogens is 1. The Balaban J connectivity index is 2.59. The number of rotatable bonds is 2. The number of anilines is 1. The molecule has 6 heteroatoms. The molecule has 0 fully saturated rings. The molecule has 0 saturated heterocycles. The van der Waals surface area contributed by atoms with Gasteiger partial charge in [0, 0.05) is 12.5 Å². The SMILES string of the molecule is CCc1nc(N)cc(-n2nc(C)c(Cl)c2C)n1. The molecule has 2 aromatic heterocycles. The van der Waals surface area contributed by atoms with Crippen molar-refractivity contribution in [1.82, 2.24) is 19.7 Å². The van der Waals surface area contributed by atoms with Crippen molar-refractivity contribution in [2.24, 2.45) is 0 Å². The summed E-state index contributed by atoms with van der Waals surface area (Å²) in [5.74, 6) is 1.79. The van der Waals surface area contributed by atoms with Gasteiger partial charge in [0.1, 0.15) is 11.6 Å². The quantitative estimate of drug-likeness (QED) is 0.887. The molecule has 0 unspecified atom stereocenters. The Kier molecular flexibility index (Phi) is 3.02. The Morgan fingerprint density at radius 3 is 2.59 bits per heavy atom. The van der Waals surface area contributed by atoms with Gasteiger partial charge in [-0.25, -0.2) is 14.6 Å². The first-order chi connectivity index (χ1) is 8.02. The number of nitrogen functional groups attached to an aromatic ring is 1. The van der Waals surface area contributed by atoms with Crippen LogP contribution in [0.3, 0.4) is 0 Å². The van der Waals surface area contributed by atoms with Crippen molar-refractivity contribution in [2.75, 3.05) is 5.73 Å². The highest BCUT2D eigenvalue weighted by atomic mass is 35.5. The summed E-state index contributed by atoms with van der Waals surface area (Å²) >= 11 is 6.10. The third kappa shape index (κ3) is 2.10. The average molecular weight is 252 g/mol. The fraction of sp³-hybridized carbons (Fsp3) is 0.364. The monoisotopic (exact) mass is 251 g/mol. The molecule has 0 radical (unpaired) electrons. The summed E-state index contributed by atoms with van der Waals surface area (Å²) in [7, 11) is 0. The van der Waals surface area contributed by atoms with Gasteiger partial charge in [-0.1, -0.05) is 18.5 Å². The van der Waals surface area contributed by atoms with Crippen LogP contribution in [0.2, 0.25) is 5.02 Å². The van der Waals surface area contributed by atoms with Gasteiger partial charge in [0.05, 0.1) is 16.4 Å². The van der Waals surface area contributed by atoms with Crippen LogP contribution in [0.15, 0.2) is 6.07 Å². The van der Waals surface area contributed by atoms with Crippen LogP contribution in [0.5, 0.6) is 0 Å². The molecule has 0 spiro atoms. The smallest absolute Gasteiger partial charge is 0.159 e. The molecule has 2 rings (SSSR count). The van der Waals surface area contributed by atoms with Gasteiger partial charge in [-0.3, -0.25) is 0 Å². The van der Waals surface area contributed by atoms with Crippen LogP contribution in [-0.4, -0.2) is 19.7 Å². The molecule has 5 nitrogen and oxygen atoms in total. The Labute approximate surface area is 105 Å². The average Bonchev–Trinajstić information content (AvgIpc) is 2.56. The summed E-state index contributed by atoms with van der Waals surface area (Å²) in [4.78, 5) is 8.52. The van der Waals surface area contributed by atoms with Crippen LogP contribution in [-0.2, 0) is 6.42 Å². The van der Waals surface area contributed by atoms with Crippen molar-refractivity contribution in [3.05, 3.63) is 28.3 Å². The molecule has 0 aliphatic carbocycles. The van der Waals surface area contributed by atoms with Gasteiger partial charge in [-0.2, -0.15) is 5.10 Å². The predicted octanol–water partition coefficient (Wildman–Crippen LogP) is 2.08. The maximum Gasteiger partial charge on any atom is 0.159 e. The van der Waals surface area contributed by atoms with Crippen LogP contribution >= 0.6 is 11.6 Å². The van der Waals surface area contributed by atoms with Crippen molar-refractivity contribution >= 4 is 17.4 Å². The van der Waals surface area contributed by atoms with Crippen LogP contribution in [0.4, 0.5) is 5.82 Å². The van der Waals surface area contributed by atoms with Crippen LogP contribution in [0, 0.1) is 13.8 Å².